The van der Waals surface area contributed by atoms with Gasteiger partial charge >= 0.3 is 5.97 Å². The van der Waals surface area contributed by atoms with Gasteiger partial charge in [-0.1, -0.05) is 22.0 Å². The molecule has 0 spiro atoms. The van der Waals surface area contributed by atoms with Crippen molar-refractivity contribution in [1.82, 2.24) is 9.96 Å². The third kappa shape index (κ3) is 4.10. The van der Waals surface area contributed by atoms with E-state index in [-0.39, 0.29) is 18.3 Å². The van der Waals surface area contributed by atoms with Crippen molar-refractivity contribution in [2.24, 2.45) is 0 Å². The molecule has 1 heterocycles. The minimum atomic E-state index is -0.951. The van der Waals surface area contributed by atoms with Gasteiger partial charge < -0.3 is 14.5 Å². The lowest BCUT2D eigenvalue weighted by Gasteiger charge is -2.44. The summed E-state index contributed by atoms with van der Waals surface area (Å²) in [7, 11) is 4.67. The molecule has 144 valence electrons. The zero-order valence-electron chi connectivity index (χ0n) is 16.1. The second-order valence-corrected chi connectivity index (χ2v) is 7.65. The van der Waals surface area contributed by atoms with E-state index in [1.54, 1.807) is 24.1 Å². The summed E-state index contributed by atoms with van der Waals surface area (Å²) in [4.78, 5) is 32.4. The molecule has 0 aromatic heterocycles. The van der Waals surface area contributed by atoms with Crippen molar-refractivity contribution in [2.75, 3.05) is 34.4 Å². The summed E-state index contributed by atoms with van der Waals surface area (Å²) in [6.45, 7) is 5.19. The van der Waals surface area contributed by atoms with Gasteiger partial charge in [0.25, 0.3) is 0 Å². The summed E-state index contributed by atoms with van der Waals surface area (Å²) in [5, 5.41) is 1.79. The number of carbonyl (C=O) groups is 2. The SMILES string of the molecule is COC(=O)C1(N(C)C(=O)Cc2cc(C)c(C)cc2Br)CCN(OC)CC1. The normalized spacial score (nSPS) is 17.0. The minimum Gasteiger partial charge on any atom is -0.467 e. The molecule has 1 fully saturated rings. The van der Waals surface area contributed by atoms with Crippen molar-refractivity contribution < 1.29 is 19.2 Å². The molecule has 0 saturated carbocycles. The van der Waals surface area contributed by atoms with E-state index in [2.05, 4.69) is 15.9 Å². The average Bonchev–Trinajstić information content (AvgIpc) is 2.64. The van der Waals surface area contributed by atoms with E-state index < -0.39 is 5.54 Å². The second-order valence-electron chi connectivity index (χ2n) is 6.79. The Morgan fingerprint density at radius 2 is 1.77 bits per heavy atom. The van der Waals surface area contributed by atoms with E-state index in [0.29, 0.717) is 25.9 Å². The Bertz CT molecular complexity index is 684. The largest absolute Gasteiger partial charge is 0.467 e. The summed E-state index contributed by atoms with van der Waals surface area (Å²) in [6, 6.07) is 4.04. The number of rotatable bonds is 5. The number of likely N-dealkylation sites (N-methyl/N-ethyl adjacent to an activating group) is 1. The fraction of sp³-hybridized carbons (Fsp3) is 0.579. The zero-order chi connectivity index (χ0) is 19.5. The quantitative estimate of drug-likeness (QED) is 0.677. The molecule has 0 bridgehead atoms. The summed E-state index contributed by atoms with van der Waals surface area (Å²) in [5.74, 6) is -0.478. The van der Waals surface area contributed by atoms with Gasteiger partial charge in [-0.2, -0.15) is 5.06 Å². The maximum Gasteiger partial charge on any atom is 0.331 e. The predicted octanol–water partition coefficient (Wildman–Crippen LogP) is 2.64. The highest BCUT2D eigenvalue weighted by atomic mass is 79.9. The predicted molar refractivity (Wildman–Crippen MR) is 103 cm³/mol. The van der Waals surface area contributed by atoms with Crippen LogP contribution in [-0.4, -0.2) is 61.7 Å². The van der Waals surface area contributed by atoms with Crippen LogP contribution < -0.4 is 0 Å². The van der Waals surface area contributed by atoms with Crippen molar-refractivity contribution >= 4 is 27.8 Å². The molecule has 0 N–H and O–H groups in total. The first kappa shape index (κ1) is 20.9. The molecular formula is C19H27BrN2O4. The standard InChI is InChI=1S/C19H27BrN2O4/c1-13-10-15(16(20)11-14(13)2)12-17(23)21(3)19(18(24)25-4)6-8-22(26-5)9-7-19/h10-11H,6-9,12H2,1-5H3. The topological polar surface area (TPSA) is 59.1 Å². The van der Waals surface area contributed by atoms with Crippen molar-refractivity contribution in [3.05, 3.63) is 33.3 Å². The summed E-state index contributed by atoms with van der Waals surface area (Å²) < 4.78 is 5.95. The van der Waals surface area contributed by atoms with Gasteiger partial charge in [0.2, 0.25) is 5.91 Å². The number of aryl methyl sites for hydroxylation is 2. The molecule has 0 atom stereocenters. The fourth-order valence-corrected chi connectivity index (χ4v) is 4.00. The van der Waals surface area contributed by atoms with E-state index in [4.69, 9.17) is 9.57 Å². The van der Waals surface area contributed by atoms with E-state index in [0.717, 1.165) is 15.6 Å². The van der Waals surface area contributed by atoms with Crippen LogP contribution >= 0.6 is 15.9 Å². The van der Waals surface area contributed by atoms with Crippen LogP contribution in [-0.2, 0) is 25.6 Å². The zero-order valence-corrected chi connectivity index (χ0v) is 17.7. The van der Waals surface area contributed by atoms with Gasteiger partial charge in [-0.15, -0.1) is 0 Å². The first-order chi connectivity index (χ1) is 12.2. The number of amides is 1. The highest BCUT2D eigenvalue weighted by Crippen LogP contribution is 2.31. The van der Waals surface area contributed by atoms with Crippen LogP contribution in [0, 0.1) is 13.8 Å². The molecule has 1 saturated heterocycles. The van der Waals surface area contributed by atoms with Gasteiger partial charge in [-0.25, -0.2) is 4.79 Å². The number of carbonyl (C=O) groups excluding carboxylic acids is 2. The average molecular weight is 427 g/mol. The molecule has 0 aliphatic carbocycles. The van der Waals surface area contributed by atoms with E-state index in [1.165, 1.54) is 12.7 Å². The van der Waals surface area contributed by atoms with E-state index in [1.807, 2.05) is 26.0 Å². The Kier molecular flexibility index (Phi) is 6.82. The third-order valence-corrected chi connectivity index (χ3v) is 6.13. The Hall–Kier alpha value is -1.44. The number of methoxy groups -OCH3 is 1. The Morgan fingerprint density at radius 3 is 2.31 bits per heavy atom. The number of hydroxylamine groups is 2. The van der Waals surface area contributed by atoms with Gasteiger partial charge in [-0.3, -0.25) is 4.79 Å². The van der Waals surface area contributed by atoms with Crippen molar-refractivity contribution in [3.8, 4) is 0 Å². The number of ether oxygens (including phenoxy) is 1. The van der Waals surface area contributed by atoms with Crippen LogP contribution in [0.5, 0.6) is 0 Å². The molecule has 0 unspecified atom stereocenters. The number of benzene rings is 1. The molecule has 26 heavy (non-hydrogen) atoms. The summed E-state index contributed by atoms with van der Waals surface area (Å²) >= 11 is 3.54. The van der Waals surface area contributed by atoms with Gasteiger partial charge in [0.15, 0.2) is 0 Å². The van der Waals surface area contributed by atoms with Crippen LogP contribution in [0.4, 0.5) is 0 Å². The third-order valence-electron chi connectivity index (χ3n) is 5.39. The van der Waals surface area contributed by atoms with E-state index in [9.17, 15) is 9.59 Å². The molecule has 1 aromatic rings. The van der Waals surface area contributed by atoms with Crippen LogP contribution in [0.25, 0.3) is 0 Å². The van der Waals surface area contributed by atoms with Crippen LogP contribution in [0.15, 0.2) is 16.6 Å². The van der Waals surface area contributed by atoms with Crippen molar-refractivity contribution in [2.45, 2.75) is 38.6 Å². The van der Waals surface area contributed by atoms with Crippen molar-refractivity contribution in [1.29, 1.82) is 0 Å². The molecule has 7 heteroatoms. The van der Waals surface area contributed by atoms with E-state index >= 15 is 0 Å². The fourth-order valence-electron chi connectivity index (χ4n) is 3.40. The Morgan fingerprint density at radius 1 is 1.19 bits per heavy atom. The highest BCUT2D eigenvalue weighted by molar-refractivity contribution is 9.10. The Labute approximate surface area is 163 Å². The molecule has 1 amide bonds. The number of halogens is 1. The van der Waals surface area contributed by atoms with Gasteiger partial charge in [0, 0.05) is 24.6 Å². The molecule has 6 nitrogen and oxygen atoms in total. The minimum absolute atomic E-state index is 0.106. The number of esters is 1. The number of piperidine rings is 1. The monoisotopic (exact) mass is 426 g/mol. The van der Waals surface area contributed by atoms with Crippen LogP contribution in [0.1, 0.15) is 29.5 Å². The lowest BCUT2D eigenvalue weighted by molar-refractivity contribution is -0.183. The molecule has 1 aliphatic rings. The van der Waals surface area contributed by atoms with Crippen LogP contribution in [0.2, 0.25) is 0 Å². The highest BCUT2D eigenvalue weighted by Gasteiger charge is 2.47. The lowest BCUT2D eigenvalue weighted by Crippen LogP contribution is -2.61. The number of hydrogen-bond donors (Lipinski definition) is 0. The van der Waals surface area contributed by atoms with Gasteiger partial charge in [-0.05, 0) is 49.4 Å². The maximum absolute atomic E-state index is 13.0. The number of nitrogens with zero attached hydrogens (tertiary/aromatic N) is 2. The lowest BCUT2D eigenvalue weighted by atomic mass is 9.86. The molecular weight excluding hydrogens is 400 g/mol. The smallest absolute Gasteiger partial charge is 0.331 e. The first-order valence-corrected chi connectivity index (χ1v) is 9.44. The summed E-state index contributed by atoms with van der Waals surface area (Å²) in [6.07, 6.45) is 1.18. The maximum atomic E-state index is 13.0. The van der Waals surface area contributed by atoms with Crippen molar-refractivity contribution in [3.63, 3.8) is 0 Å². The Balaban J connectivity index is 2.23. The van der Waals surface area contributed by atoms with Gasteiger partial charge in [0.1, 0.15) is 5.54 Å². The molecule has 0 radical (unpaired) electrons. The molecule has 2 rings (SSSR count). The summed E-state index contributed by atoms with van der Waals surface area (Å²) in [5.41, 5.74) is 2.26. The first-order valence-electron chi connectivity index (χ1n) is 8.65. The molecule has 1 aromatic carbocycles. The number of hydrogen-bond acceptors (Lipinski definition) is 5. The van der Waals surface area contributed by atoms with Crippen LogP contribution in [0.3, 0.4) is 0 Å². The van der Waals surface area contributed by atoms with Gasteiger partial charge in [0.05, 0.1) is 20.6 Å². The second kappa shape index (κ2) is 8.50. The molecule has 1 aliphatic heterocycles.